The molecular weight excluding hydrogens is 1240 g/mol. The molecule has 0 radical (unpaired) electrons. The molecule has 99 heavy (non-hydrogen) atoms. The predicted octanol–water partition coefficient (Wildman–Crippen LogP) is 29.0. The van der Waals surface area contributed by atoms with Gasteiger partial charge >= 0.3 is 37.7 Å². The summed E-state index contributed by atoms with van der Waals surface area (Å²) in [5, 5.41) is 22.6. The Labute approximate surface area is 655 Å². The van der Waals surface area contributed by atoms with Gasteiger partial charge in [-0.05, 0) is 65.7 Å². The van der Waals surface area contributed by atoms with Crippen molar-refractivity contribution >= 4 is 49.7 Å². The maximum Gasteiger partial charge on any atom is 2.00 e. The maximum atomic E-state index is 11.3. The van der Waals surface area contributed by atoms with Crippen LogP contribution in [0.2, 0.25) is 0 Å². The van der Waals surface area contributed by atoms with E-state index in [2.05, 4.69) is 51.3 Å². The number of nitrogens with zero attached hydrogens (tertiary/aromatic N) is 2. The number of hydrogen-bond acceptors (Lipinski definition) is 6. The zero-order valence-corrected chi connectivity index (χ0v) is 71.6. The third-order valence-electron chi connectivity index (χ3n) is 22.4. The summed E-state index contributed by atoms with van der Waals surface area (Å²) in [5.74, 6) is -1.81. The Hall–Kier alpha value is 0.120. The SMILES string of the molecule is CCCCCCCCCCCCCCCCCCCCCN(CCCCCCCCCCCCCCCCCCCCC)C(C)CC(=O)[O-].CCCCCCCCCCCCCCCCCCCCCN(CCCCCCCCCCCCCCCCCCCCC)C(C)CC(=O)[O-].[Ca+2]. The summed E-state index contributed by atoms with van der Waals surface area (Å²) in [5.41, 5.74) is 0. The monoisotopic (exact) mass is 1420 g/mol. The van der Waals surface area contributed by atoms with E-state index >= 15 is 0 Å². The first-order chi connectivity index (χ1) is 48.2. The van der Waals surface area contributed by atoms with Gasteiger partial charge in [0.05, 0.1) is 0 Å². The molecule has 0 aromatic carbocycles. The van der Waals surface area contributed by atoms with Gasteiger partial charge in [0.25, 0.3) is 0 Å². The van der Waals surface area contributed by atoms with E-state index in [1.807, 2.05) is 0 Å². The van der Waals surface area contributed by atoms with Crippen molar-refractivity contribution in [1.29, 1.82) is 0 Å². The fraction of sp³-hybridized carbons (Fsp3) is 0.978. The van der Waals surface area contributed by atoms with Crippen LogP contribution in [0.1, 0.15) is 542 Å². The second-order valence-corrected chi connectivity index (χ2v) is 32.4. The van der Waals surface area contributed by atoms with Crippen molar-refractivity contribution in [2.75, 3.05) is 26.2 Å². The molecule has 0 N–H and O–H groups in total. The van der Waals surface area contributed by atoms with E-state index in [-0.39, 0.29) is 62.7 Å². The Balaban J connectivity index is -0.00000184. The van der Waals surface area contributed by atoms with Crippen molar-refractivity contribution in [1.82, 2.24) is 9.80 Å². The molecule has 2 unspecified atom stereocenters. The quantitative estimate of drug-likeness (QED) is 0.0445. The zero-order valence-electron chi connectivity index (χ0n) is 69.4. The molecule has 0 aromatic heterocycles. The molecule has 0 aliphatic heterocycles. The number of carboxylic acids is 2. The molecule has 588 valence electrons. The van der Waals surface area contributed by atoms with Gasteiger partial charge in [-0.3, -0.25) is 0 Å². The summed E-state index contributed by atoms with van der Waals surface area (Å²) in [6.07, 6.45) is 107. The van der Waals surface area contributed by atoms with Crippen LogP contribution in [0.4, 0.5) is 0 Å². The summed E-state index contributed by atoms with van der Waals surface area (Å²) in [4.78, 5) is 27.4. The molecule has 0 heterocycles. The van der Waals surface area contributed by atoms with Crippen LogP contribution < -0.4 is 10.2 Å². The van der Waals surface area contributed by atoms with Gasteiger partial charge in [-0.1, -0.05) is 490 Å². The second-order valence-electron chi connectivity index (χ2n) is 32.4. The molecule has 0 rings (SSSR count). The molecule has 0 saturated heterocycles. The summed E-state index contributed by atoms with van der Waals surface area (Å²) in [6.45, 7) is 17.6. The summed E-state index contributed by atoms with van der Waals surface area (Å²) in [7, 11) is 0. The van der Waals surface area contributed by atoms with Gasteiger partial charge in [-0.2, -0.15) is 0 Å². The number of carbonyl (C=O) groups is 2. The van der Waals surface area contributed by atoms with Gasteiger partial charge in [0, 0.05) is 36.9 Å². The Morgan fingerprint density at radius 2 is 0.283 bits per heavy atom. The second kappa shape index (κ2) is 92.3. The fourth-order valence-corrected chi connectivity index (χ4v) is 15.4. The van der Waals surface area contributed by atoms with Gasteiger partial charge < -0.3 is 29.6 Å². The van der Waals surface area contributed by atoms with Crippen molar-refractivity contribution < 1.29 is 19.8 Å². The van der Waals surface area contributed by atoms with Crippen LogP contribution in [0.5, 0.6) is 0 Å². The van der Waals surface area contributed by atoms with Crippen LogP contribution in [-0.4, -0.2) is 97.7 Å². The Kier molecular flexibility index (Phi) is 96.3. The van der Waals surface area contributed by atoms with Crippen molar-refractivity contribution in [3.05, 3.63) is 0 Å². The third kappa shape index (κ3) is 90.4. The molecule has 0 aliphatic rings. The molecule has 0 fully saturated rings. The first kappa shape index (κ1) is 103. The number of carboxylic acid groups (broad SMARTS) is 2. The number of aliphatic carboxylic acids is 2. The first-order valence-corrected chi connectivity index (χ1v) is 46.1. The van der Waals surface area contributed by atoms with E-state index in [9.17, 15) is 19.8 Å². The molecule has 7 heteroatoms. The molecule has 0 aromatic rings. The molecule has 2 atom stereocenters. The van der Waals surface area contributed by atoms with Gasteiger partial charge in [-0.25, -0.2) is 0 Å². The van der Waals surface area contributed by atoms with E-state index in [0.29, 0.717) is 0 Å². The molecule has 0 spiro atoms. The topological polar surface area (TPSA) is 86.7 Å². The predicted molar refractivity (Wildman–Crippen MR) is 441 cm³/mol. The molecule has 0 bridgehead atoms. The van der Waals surface area contributed by atoms with E-state index in [0.717, 1.165) is 26.2 Å². The average molecular weight is 1420 g/mol. The molecule has 6 nitrogen and oxygen atoms in total. The largest absolute Gasteiger partial charge is 2.00 e. The van der Waals surface area contributed by atoms with Crippen LogP contribution >= 0.6 is 0 Å². The smallest absolute Gasteiger partial charge is 0.550 e. The Bertz CT molecular complexity index is 1270. The molecular formula is C92H184CaN2O4. The van der Waals surface area contributed by atoms with Crippen molar-refractivity contribution in [2.24, 2.45) is 0 Å². The van der Waals surface area contributed by atoms with Crippen molar-refractivity contribution in [2.45, 2.75) is 554 Å². The number of hydrogen-bond donors (Lipinski definition) is 0. The van der Waals surface area contributed by atoms with E-state index in [1.165, 1.54) is 488 Å². The first-order valence-electron chi connectivity index (χ1n) is 46.1. The van der Waals surface area contributed by atoms with Crippen molar-refractivity contribution in [3.63, 3.8) is 0 Å². The Morgan fingerprint density at radius 1 is 0.192 bits per heavy atom. The maximum absolute atomic E-state index is 11.3. The molecule has 0 saturated carbocycles. The minimum Gasteiger partial charge on any atom is -0.550 e. The summed E-state index contributed by atoms with van der Waals surface area (Å²) >= 11 is 0. The fourth-order valence-electron chi connectivity index (χ4n) is 15.4. The minimum absolute atomic E-state index is 0. The zero-order chi connectivity index (χ0) is 71.4. The summed E-state index contributed by atoms with van der Waals surface area (Å²) < 4.78 is 0. The van der Waals surface area contributed by atoms with E-state index < -0.39 is 11.9 Å². The molecule has 0 amide bonds. The van der Waals surface area contributed by atoms with E-state index in [4.69, 9.17) is 0 Å². The summed E-state index contributed by atoms with van der Waals surface area (Å²) in [6, 6.07) is 0.187. The average Bonchev–Trinajstić information content (AvgIpc) is 1.34. The van der Waals surface area contributed by atoms with Crippen LogP contribution in [-0.2, 0) is 9.59 Å². The van der Waals surface area contributed by atoms with Crippen LogP contribution in [0.25, 0.3) is 0 Å². The number of unbranched alkanes of at least 4 members (excludes halogenated alkanes) is 72. The van der Waals surface area contributed by atoms with Crippen LogP contribution in [0.15, 0.2) is 0 Å². The standard InChI is InChI=1S/2C46H93NO2.Ca/c2*1-4-6-8-10-12-14-16-18-20-22-24-26-28-30-32-34-36-38-40-42-47(45(3)44-46(48)49)43-41-39-37-35-33-31-29-27-25-23-21-19-17-15-13-11-9-7-5-2;/h2*45H,4-44H2,1-3H3,(H,48,49);/q;;+2/p-2. The number of carbonyl (C=O) groups excluding carboxylic acids is 2. The third-order valence-corrected chi connectivity index (χ3v) is 22.4. The van der Waals surface area contributed by atoms with E-state index in [1.54, 1.807) is 0 Å². The molecule has 0 aliphatic carbocycles. The van der Waals surface area contributed by atoms with Gasteiger partial charge in [0.2, 0.25) is 0 Å². The Morgan fingerprint density at radius 3 is 0.374 bits per heavy atom. The minimum atomic E-state index is -0.904. The van der Waals surface area contributed by atoms with Crippen LogP contribution in [0, 0.1) is 0 Å². The van der Waals surface area contributed by atoms with Gasteiger partial charge in [0.1, 0.15) is 0 Å². The normalized spacial score (nSPS) is 12.2. The van der Waals surface area contributed by atoms with Gasteiger partial charge in [0.15, 0.2) is 0 Å². The number of rotatable bonds is 86. The van der Waals surface area contributed by atoms with Crippen LogP contribution in [0.3, 0.4) is 0 Å². The van der Waals surface area contributed by atoms with Crippen molar-refractivity contribution in [3.8, 4) is 0 Å². The van der Waals surface area contributed by atoms with Gasteiger partial charge in [-0.15, -0.1) is 0 Å².